The third-order valence-corrected chi connectivity index (χ3v) is 2.84. The van der Waals surface area contributed by atoms with Crippen LogP contribution in [0.5, 0.6) is 11.5 Å². The molecule has 0 aromatic heterocycles. The van der Waals surface area contributed by atoms with Crippen LogP contribution >= 0.6 is 0 Å². The summed E-state index contributed by atoms with van der Waals surface area (Å²) in [6.07, 6.45) is 0.371. The Bertz CT molecular complexity index is 414. The Kier molecular flexibility index (Phi) is 3.52. The quantitative estimate of drug-likeness (QED) is 0.754. The Morgan fingerprint density at radius 1 is 1.35 bits per heavy atom. The maximum atomic E-state index is 11.2. The number of rotatable bonds is 3. The Labute approximate surface area is 100 Å². The lowest BCUT2D eigenvalue weighted by molar-refractivity contribution is -0.140. The zero-order chi connectivity index (χ0) is 12.3. The Morgan fingerprint density at radius 3 is 2.76 bits per heavy atom. The molecule has 1 aromatic carbocycles. The minimum atomic E-state index is -0.201. The first-order chi connectivity index (χ1) is 8.20. The van der Waals surface area contributed by atoms with Gasteiger partial charge in [-0.3, -0.25) is 4.79 Å². The van der Waals surface area contributed by atoms with Gasteiger partial charge in [0.05, 0.1) is 13.5 Å². The Balaban J connectivity index is 2.13. The van der Waals surface area contributed by atoms with Crippen molar-refractivity contribution in [2.75, 3.05) is 20.3 Å². The van der Waals surface area contributed by atoms with Crippen molar-refractivity contribution >= 4 is 5.97 Å². The van der Waals surface area contributed by atoms with Crippen LogP contribution in [0.3, 0.4) is 0 Å². The highest BCUT2D eigenvalue weighted by Crippen LogP contribution is 2.33. The predicted octanol–water partition coefficient (Wildman–Crippen LogP) is 2.12. The molecule has 0 N–H and O–H groups in total. The molecule has 1 aromatic rings. The first-order valence-corrected chi connectivity index (χ1v) is 5.67. The van der Waals surface area contributed by atoms with Gasteiger partial charge >= 0.3 is 5.97 Å². The number of fused-ring (bicyclic) bond motifs is 1. The minimum absolute atomic E-state index is 0.110. The van der Waals surface area contributed by atoms with E-state index >= 15 is 0 Å². The number of carbonyl (C=O) groups excluding carboxylic acids is 1. The fraction of sp³-hybridized carbons (Fsp3) is 0.462. The van der Waals surface area contributed by atoms with E-state index in [2.05, 4.69) is 4.74 Å². The lowest BCUT2D eigenvalue weighted by Gasteiger charge is -2.20. The van der Waals surface area contributed by atoms with Gasteiger partial charge in [0.25, 0.3) is 0 Å². The van der Waals surface area contributed by atoms with Crippen LogP contribution in [0.15, 0.2) is 18.2 Å². The molecule has 0 saturated carbocycles. The summed E-state index contributed by atoms with van der Waals surface area (Å²) in [6.45, 7) is 3.15. The average molecular weight is 236 g/mol. The highest BCUT2D eigenvalue weighted by Gasteiger charge is 2.16. The molecule has 2 rings (SSSR count). The van der Waals surface area contributed by atoms with E-state index in [1.165, 1.54) is 7.11 Å². The molecule has 1 heterocycles. The largest absolute Gasteiger partial charge is 0.486 e. The molecule has 0 radical (unpaired) electrons. The van der Waals surface area contributed by atoms with Crippen molar-refractivity contribution in [2.24, 2.45) is 0 Å². The molecule has 1 aliphatic rings. The third kappa shape index (κ3) is 2.70. The smallest absolute Gasteiger partial charge is 0.306 e. The van der Waals surface area contributed by atoms with Gasteiger partial charge in [-0.25, -0.2) is 0 Å². The number of hydrogen-bond acceptors (Lipinski definition) is 4. The SMILES string of the molecule is COC(=O)CC(C)c1ccc2c(c1)OCCO2. The predicted molar refractivity (Wildman–Crippen MR) is 62.5 cm³/mol. The molecule has 0 spiro atoms. The number of carbonyl (C=O) groups is 1. The van der Waals surface area contributed by atoms with E-state index in [9.17, 15) is 4.79 Å². The highest BCUT2D eigenvalue weighted by molar-refractivity contribution is 5.70. The van der Waals surface area contributed by atoms with Crippen LogP contribution in [0.25, 0.3) is 0 Å². The molecule has 92 valence electrons. The molecule has 0 fully saturated rings. The van der Waals surface area contributed by atoms with Crippen LogP contribution in [-0.4, -0.2) is 26.3 Å². The van der Waals surface area contributed by atoms with Gasteiger partial charge in [0.2, 0.25) is 0 Å². The molecular weight excluding hydrogens is 220 g/mol. The Hall–Kier alpha value is -1.71. The summed E-state index contributed by atoms with van der Waals surface area (Å²) in [5.74, 6) is 1.43. The van der Waals surface area contributed by atoms with Crippen molar-refractivity contribution < 1.29 is 19.0 Å². The zero-order valence-electron chi connectivity index (χ0n) is 10.1. The molecule has 1 aliphatic heterocycles. The van der Waals surface area contributed by atoms with E-state index in [0.717, 1.165) is 17.1 Å². The number of ether oxygens (including phenoxy) is 3. The first kappa shape index (κ1) is 11.8. The molecule has 0 aliphatic carbocycles. The van der Waals surface area contributed by atoms with Crippen molar-refractivity contribution in [3.8, 4) is 11.5 Å². The second kappa shape index (κ2) is 5.08. The van der Waals surface area contributed by atoms with Crippen molar-refractivity contribution in [1.82, 2.24) is 0 Å². The third-order valence-electron chi connectivity index (χ3n) is 2.84. The molecular formula is C13H16O4. The molecule has 1 unspecified atom stereocenters. The minimum Gasteiger partial charge on any atom is -0.486 e. The number of methoxy groups -OCH3 is 1. The normalized spacial score (nSPS) is 15.2. The molecule has 0 bridgehead atoms. The summed E-state index contributed by atoms with van der Waals surface area (Å²) in [7, 11) is 1.40. The monoisotopic (exact) mass is 236 g/mol. The molecule has 0 amide bonds. The topological polar surface area (TPSA) is 44.8 Å². The van der Waals surface area contributed by atoms with E-state index in [4.69, 9.17) is 9.47 Å². The second-order valence-electron chi connectivity index (χ2n) is 4.08. The van der Waals surface area contributed by atoms with E-state index in [1.54, 1.807) is 0 Å². The van der Waals surface area contributed by atoms with E-state index in [1.807, 2.05) is 25.1 Å². The highest BCUT2D eigenvalue weighted by atomic mass is 16.6. The number of esters is 1. The standard InChI is InChI=1S/C13H16O4/c1-9(7-13(14)15-2)10-3-4-11-12(8-10)17-6-5-16-11/h3-4,8-9H,5-7H2,1-2H3. The summed E-state index contributed by atoms with van der Waals surface area (Å²) in [4.78, 5) is 11.2. The number of hydrogen-bond donors (Lipinski definition) is 0. The summed E-state index contributed by atoms with van der Waals surface area (Å²) >= 11 is 0. The Morgan fingerprint density at radius 2 is 2.06 bits per heavy atom. The molecule has 17 heavy (non-hydrogen) atoms. The maximum Gasteiger partial charge on any atom is 0.306 e. The van der Waals surface area contributed by atoms with Crippen LogP contribution in [0.1, 0.15) is 24.8 Å². The van der Waals surface area contributed by atoms with Gasteiger partial charge in [-0.15, -0.1) is 0 Å². The number of benzene rings is 1. The van der Waals surface area contributed by atoms with Crippen molar-refractivity contribution in [2.45, 2.75) is 19.3 Å². The van der Waals surface area contributed by atoms with Gasteiger partial charge in [0.1, 0.15) is 13.2 Å². The van der Waals surface area contributed by atoms with Gasteiger partial charge in [0, 0.05) is 0 Å². The van der Waals surface area contributed by atoms with E-state index < -0.39 is 0 Å². The van der Waals surface area contributed by atoms with Crippen molar-refractivity contribution in [3.63, 3.8) is 0 Å². The lowest BCUT2D eigenvalue weighted by Crippen LogP contribution is -2.15. The summed E-state index contributed by atoms with van der Waals surface area (Å²) in [5.41, 5.74) is 1.06. The lowest BCUT2D eigenvalue weighted by atomic mass is 9.97. The van der Waals surface area contributed by atoms with Crippen molar-refractivity contribution in [1.29, 1.82) is 0 Å². The maximum absolute atomic E-state index is 11.2. The fourth-order valence-corrected chi connectivity index (χ4v) is 1.82. The average Bonchev–Trinajstić information content (AvgIpc) is 2.38. The summed E-state index contributed by atoms with van der Waals surface area (Å²) in [6, 6.07) is 5.78. The molecule has 4 heteroatoms. The van der Waals surface area contributed by atoms with Gasteiger partial charge in [0.15, 0.2) is 11.5 Å². The van der Waals surface area contributed by atoms with E-state index in [0.29, 0.717) is 19.6 Å². The summed E-state index contributed by atoms with van der Waals surface area (Å²) in [5, 5.41) is 0. The fourth-order valence-electron chi connectivity index (χ4n) is 1.82. The molecule has 0 saturated heterocycles. The molecule has 1 atom stereocenters. The van der Waals surface area contributed by atoms with Crippen LogP contribution in [-0.2, 0) is 9.53 Å². The van der Waals surface area contributed by atoms with Crippen LogP contribution in [0, 0.1) is 0 Å². The first-order valence-electron chi connectivity index (χ1n) is 5.67. The summed E-state index contributed by atoms with van der Waals surface area (Å²) < 4.78 is 15.6. The second-order valence-corrected chi connectivity index (χ2v) is 4.08. The van der Waals surface area contributed by atoms with Crippen molar-refractivity contribution in [3.05, 3.63) is 23.8 Å². The zero-order valence-corrected chi connectivity index (χ0v) is 10.1. The van der Waals surface area contributed by atoms with Gasteiger partial charge in [-0.1, -0.05) is 13.0 Å². The van der Waals surface area contributed by atoms with Crippen LogP contribution < -0.4 is 9.47 Å². The van der Waals surface area contributed by atoms with Crippen LogP contribution in [0.4, 0.5) is 0 Å². The van der Waals surface area contributed by atoms with E-state index in [-0.39, 0.29) is 11.9 Å². The van der Waals surface area contributed by atoms with Gasteiger partial charge < -0.3 is 14.2 Å². The van der Waals surface area contributed by atoms with Gasteiger partial charge in [-0.2, -0.15) is 0 Å². The van der Waals surface area contributed by atoms with Crippen LogP contribution in [0.2, 0.25) is 0 Å². The molecule has 4 nitrogen and oxygen atoms in total. The van der Waals surface area contributed by atoms with Gasteiger partial charge in [-0.05, 0) is 23.6 Å².